The van der Waals surface area contributed by atoms with Crippen LogP contribution in [0.25, 0.3) is 15.9 Å². The number of carbonyl (C=O) groups is 1. The summed E-state index contributed by atoms with van der Waals surface area (Å²) in [6, 6.07) is 18.0. The average molecular weight is 429 g/mol. The highest BCUT2D eigenvalue weighted by Gasteiger charge is 2.17. The van der Waals surface area contributed by atoms with E-state index in [0.29, 0.717) is 10.9 Å². The molecule has 0 radical (unpaired) electrons. The van der Waals surface area contributed by atoms with Crippen molar-refractivity contribution in [3.63, 3.8) is 0 Å². The number of hydrogen-bond donors (Lipinski definition) is 0. The zero-order valence-electron chi connectivity index (χ0n) is 14.9. The van der Waals surface area contributed by atoms with Gasteiger partial charge in [-0.2, -0.15) is 0 Å². The number of carbonyl (C=O) groups excluding carboxylic acids is 1. The van der Waals surface area contributed by atoms with Crippen LogP contribution in [0.1, 0.15) is 5.82 Å². The van der Waals surface area contributed by atoms with Crippen molar-refractivity contribution in [2.45, 2.75) is 15.2 Å². The van der Waals surface area contributed by atoms with Gasteiger partial charge in [-0.3, -0.25) is 9.36 Å². The molecular weight excluding hydrogens is 412 g/mol. The van der Waals surface area contributed by atoms with E-state index in [1.807, 2.05) is 53.1 Å². The molecule has 0 aliphatic rings. The van der Waals surface area contributed by atoms with Gasteiger partial charge in [0, 0.05) is 5.69 Å². The van der Waals surface area contributed by atoms with Gasteiger partial charge in [-0.25, -0.2) is 4.98 Å². The minimum Gasteiger partial charge on any atom is -0.468 e. The third-order valence-corrected chi connectivity index (χ3v) is 6.94. The summed E-state index contributed by atoms with van der Waals surface area (Å²) in [7, 11) is 1.38. The molecule has 0 aliphatic carbocycles. The van der Waals surface area contributed by atoms with Crippen molar-refractivity contribution in [1.82, 2.24) is 19.7 Å². The van der Waals surface area contributed by atoms with E-state index >= 15 is 0 Å². The van der Waals surface area contributed by atoms with Crippen LogP contribution in [0.3, 0.4) is 0 Å². The molecule has 0 atom stereocenters. The maximum Gasteiger partial charge on any atom is 0.316 e. The second-order valence-electron chi connectivity index (χ2n) is 5.67. The molecule has 4 aromatic rings. The van der Waals surface area contributed by atoms with Crippen molar-refractivity contribution in [1.29, 1.82) is 0 Å². The molecule has 0 bridgehead atoms. The summed E-state index contributed by atoms with van der Waals surface area (Å²) in [4.78, 5) is 16.2. The SMILES string of the molecule is COC(=O)CSc1nnc(CSc2nc3ccccc3s2)n1-c1ccccc1. The number of aromatic nitrogens is 4. The highest BCUT2D eigenvalue weighted by Crippen LogP contribution is 2.32. The Hall–Kier alpha value is -2.36. The summed E-state index contributed by atoms with van der Waals surface area (Å²) in [5, 5.41) is 9.32. The summed E-state index contributed by atoms with van der Waals surface area (Å²) < 4.78 is 8.87. The lowest BCUT2D eigenvalue weighted by Crippen LogP contribution is -2.06. The van der Waals surface area contributed by atoms with Crippen LogP contribution in [0, 0.1) is 0 Å². The predicted octanol–water partition coefficient (Wildman–Crippen LogP) is 4.43. The topological polar surface area (TPSA) is 69.9 Å². The van der Waals surface area contributed by atoms with Crippen molar-refractivity contribution in [3.05, 3.63) is 60.4 Å². The van der Waals surface area contributed by atoms with Gasteiger partial charge in [0.2, 0.25) is 0 Å². The Balaban J connectivity index is 1.58. The van der Waals surface area contributed by atoms with E-state index in [2.05, 4.69) is 21.2 Å². The lowest BCUT2D eigenvalue weighted by atomic mass is 10.3. The van der Waals surface area contributed by atoms with Crippen LogP contribution >= 0.6 is 34.9 Å². The maximum absolute atomic E-state index is 11.5. The van der Waals surface area contributed by atoms with Crippen molar-refractivity contribution in [3.8, 4) is 5.69 Å². The molecule has 4 rings (SSSR count). The Morgan fingerprint density at radius 2 is 1.86 bits per heavy atom. The summed E-state index contributed by atoms with van der Waals surface area (Å²) in [6.07, 6.45) is 0. The van der Waals surface area contributed by atoms with E-state index in [-0.39, 0.29) is 11.7 Å². The summed E-state index contributed by atoms with van der Waals surface area (Å²) in [5.41, 5.74) is 1.97. The fourth-order valence-electron chi connectivity index (χ4n) is 2.55. The molecule has 0 aliphatic heterocycles. The second-order valence-corrected chi connectivity index (χ2v) is 8.87. The molecule has 2 aromatic heterocycles. The molecular formula is C19H16N4O2S3. The van der Waals surface area contributed by atoms with Crippen LogP contribution in [0.15, 0.2) is 64.1 Å². The fraction of sp³-hybridized carbons (Fsp3) is 0.158. The first kappa shape index (κ1) is 19.0. The minimum atomic E-state index is -0.294. The lowest BCUT2D eigenvalue weighted by Gasteiger charge is -2.09. The van der Waals surface area contributed by atoms with Gasteiger partial charge < -0.3 is 4.74 Å². The molecule has 0 spiro atoms. The fourth-order valence-corrected chi connectivity index (χ4v) is 5.33. The number of fused-ring (bicyclic) bond motifs is 1. The Morgan fingerprint density at radius 1 is 1.07 bits per heavy atom. The number of para-hydroxylation sites is 2. The average Bonchev–Trinajstić information content (AvgIpc) is 3.34. The van der Waals surface area contributed by atoms with Crippen LogP contribution in [0.4, 0.5) is 0 Å². The first-order chi connectivity index (χ1) is 13.7. The van der Waals surface area contributed by atoms with Crippen LogP contribution < -0.4 is 0 Å². The Morgan fingerprint density at radius 3 is 2.64 bits per heavy atom. The van der Waals surface area contributed by atoms with Gasteiger partial charge >= 0.3 is 5.97 Å². The van der Waals surface area contributed by atoms with Crippen molar-refractivity contribution in [2.24, 2.45) is 0 Å². The van der Waals surface area contributed by atoms with Gasteiger partial charge in [-0.05, 0) is 24.3 Å². The van der Waals surface area contributed by atoms with Gasteiger partial charge in [0.15, 0.2) is 9.50 Å². The first-order valence-electron chi connectivity index (χ1n) is 8.42. The van der Waals surface area contributed by atoms with Gasteiger partial charge in [0.25, 0.3) is 0 Å². The van der Waals surface area contributed by atoms with E-state index in [0.717, 1.165) is 21.4 Å². The van der Waals surface area contributed by atoms with Gasteiger partial charge in [0.1, 0.15) is 5.82 Å². The molecule has 0 unspecified atom stereocenters. The molecule has 6 nitrogen and oxygen atoms in total. The number of ether oxygens (including phenoxy) is 1. The molecule has 2 heterocycles. The molecule has 28 heavy (non-hydrogen) atoms. The third kappa shape index (κ3) is 4.21. The molecule has 9 heteroatoms. The van der Waals surface area contributed by atoms with E-state index in [1.165, 1.54) is 23.6 Å². The standard InChI is InChI=1S/C19H16N4O2S3/c1-25-17(24)12-26-18-22-21-16(23(18)13-7-3-2-4-8-13)11-27-19-20-14-9-5-6-10-15(14)28-19/h2-10H,11-12H2,1H3. The third-order valence-electron chi connectivity index (χ3n) is 3.86. The normalized spacial score (nSPS) is 11.0. The number of esters is 1. The van der Waals surface area contributed by atoms with Crippen LogP contribution in [0.2, 0.25) is 0 Å². The lowest BCUT2D eigenvalue weighted by molar-refractivity contribution is -0.137. The summed E-state index contributed by atoms with van der Waals surface area (Å²) in [5.74, 6) is 1.33. The zero-order valence-corrected chi connectivity index (χ0v) is 17.4. The minimum absolute atomic E-state index is 0.187. The number of benzene rings is 2. The van der Waals surface area contributed by atoms with E-state index in [9.17, 15) is 4.79 Å². The summed E-state index contributed by atoms with van der Waals surface area (Å²) in [6.45, 7) is 0. The van der Waals surface area contributed by atoms with Crippen LogP contribution in [-0.2, 0) is 15.3 Å². The number of thioether (sulfide) groups is 2. The first-order valence-corrected chi connectivity index (χ1v) is 11.2. The predicted molar refractivity (Wildman–Crippen MR) is 113 cm³/mol. The zero-order chi connectivity index (χ0) is 19.3. The summed E-state index contributed by atoms with van der Waals surface area (Å²) >= 11 is 4.62. The van der Waals surface area contributed by atoms with Gasteiger partial charge in [0.05, 0.1) is 28.8 Å². The Kier molecular flexibility index (Phi) is 5.94. The molecule has 0 amide bonds. The second kappa shape index (κ2) is 8.76. The monoisotopic (exact) mass is 428 g/mol. The molecule has 0 N–H and O–H groups in total. The molecule has 0 saturated carbocycles. The Labute approximate surface area is 174 Å². The van der Waals surface area contributed by atoms with E-state index in [1.54, 1.807) is 23.1 Å². The Bertz CT molecular complexity index is 1060. The van der Waals surface area contributed by atoms with Crippen LogP contribution in [-0.4, -0.2) is 38.6 Å². The molecule has 142 valence electrons. The number of thiazole rings is 1. The number of rotatable bonds is 7. The highest BCUT2D eigenvalue weighted by atomic mass is 32.2. The smallest absolute Gasteiger partial charge is 0.316 e. The maximum atomic E-state index is 11.5. The molecule has 2 aromatic carbocycles. The van der Waals surface area contributed by atoms with Crippen molar-refractivity contribution in [2.75, 3.05) is 12.9 Å². The highest BCUT2D eigenvalue weighted by molar-refractivity contribution is 8.00. The number of hydrogen-bond acceptors (Lipinski definition) is 8. The van der Waals surface area contributed by atoms with Crippen molar-refractivity contribution >= 4 is 51.0 Å². The van der Waals surface area contributed by atoms with Crippen molar-refractivity contribution < 1.29 is 9.53 Å². The number of nitrogens with zero attached hydrogens (tertiary/aromatic N) is 4. The molecule has 0 fully saturated rings. The van der Waals surface area contributed by atoms with Gasteiger partial charge in [-0.15, -0.1) is 21.5 Å². The van der Waals surface area contributed by atoms with E-state index < -0.39 is 0 Å². The van der Waals surface area contributed by atoms with Gasteiger partial charge in [-0.1, -0.05) is 53.9 Å². The molecule has 0 saturated heterocycles. The quantitative estimate of drug-likeness (QED) is 0.318. The van der Waals surface area contributed by atoms with Crippen LogP contribution in [0.5, 0.6) is 0 Å². The number of methoxy groups -OCH3 is 1. The largest absolute Gasteiger partial charge is 0.468 e. The van der Waals surface area contributed by atoms with E-state index in [4.69, 9.17) is 4.74 Å².